The van der Waals surface area contributed by atoms with Crippen LogP contribution in [0.4, 0.5) is 0 Å². The van der Waals surface area contributed by atoms with Gasteiger partial charge in [0.05, 0.1) is 19.3 Å². The van der Waals surface area contributed by atoms with Crippen LogP contribution in [0.2, 0.25) is 0 Å². The lowest BCUT2D eigenvalue weighted by molar-refractivity contribution is -0.160. The van der Waals surface area contributed by atoms with Gasteiger partial charge in [-0.15, -0.1) is 0 Å². The molecule has 94 valence electrons. The van der Waals surface area contributed by atoms with E-state index in [2.05, 4.69) is 22.0 Å². The number of nitriles is 1. The fourth-order valence-electron chi connectivity index (χ4n) is 1.86. The molecule has 0 spiro atoms. The topological polar surface area (TPSA) is 53.3 Å². The van der Waals surface area contributed by atoms with Gasteiger partial charge in [-0.25, -0.2) is 0 Å². The van der Waals surface area contributed by atoms with E-state index < -0.39 is 5.41 Å². The first-order valence-corrected chi connectivity index (χ1v) is 6.36. The van der Waals surface area contributed by atoms with Crippen molar-refractivity contribution in [2.75, 3.05) is 20.3 Å². The second kappa shape index (κ2) is 5.09. The first-order chi connectivity index (χ1) is 8.59. The molecule has 2 rings (SSSR count). The van der Waals surface area contributed by atoms with Crippen LogP contribution in [0, 0.1) is 16.7 Å². The standard InChI is InChI=1S/C13H13BrN2O2/c1-16(6-10-4-2-3-5-11(10)14)12(17)13(7-15)8-18-9-13/h2-5H,6,8-9H2,1H3. The Morgan fingerprint density at radius 3 is 2.72 bits per heavy atom. The molecule has 1 aromatic carbocycles. The summed E-state index contributed by atoms with van der Waals surface area (Å²) in [5, 5.41) is 9.09. The van der Waals surface area contributed by atoms with Crippen molar-refractivity contribution in [2.45, 2.75) is 6.54 Å². The van der Waals surface area contributed by atoms with E-state index >= 15 is 0 Å². The second-order valence-electron chi connectivity index (χ2n) is 4.44. The molecule has 18 heavy (non-hydrogen) atoms. The van der Waals surface area contributed by atoms with Gasteiger partial charge in [0.1, 0.15) is 0 Å². The molecule has 0 unspecified atom stereocenters. The monoisotopic (exact) mass is 308 g/mol. The number of amides is 1. The van der Waals surface area contributed by atoms with Gasteiger partial charge >= 0.3 is 0 Å². The molecule has 0 bridgehead atoms. The highest BCUT2D eigenvalue weighted by atomic mass is 79.9. The molecule has 1 aliphatic heterocycles. The zero-order valence-electron chi connectivity index (χ0n) is 10.0. The third-order valence-corrected chi connectivity index (χ3v) is 3.81. The third kappa shape index (κ3) is 2.26. The number of hydrogen-bond acceptors (Lipinski definition) is 3. The summed E-state index contributed by atoms with van der Waals surface area (Å²) in [6, 6.07) is 9.79. The summed E-state index contributed by atoms with van der Waals surface area (Å²) in [6.07, 6.45) is 0. The predicted octanol–water partition coefficient (Wildman–Crippen LogP) is 1.95. The van der Waals surface area contributed by atoms with E-state index in [1.165, 1.54) is 0 Å². The molecule has 0 aromatic heterocycles. The highest BCUT2D eigenvalue weighted by Gasteiger charge is 2.48. The fourth-order valence-corrected chi connectivity index (χ4v) is 2.27. The Labute approximate surface area is 114 Å². The quantitative estimate of drug-likeness (QED) is 0.857. The van der Waals surface area contributed by atoms with Crippen molar-refractivity contribution < 1.29 is 9.53 Å². The summed E-state index contributed by atoms with van der Waals surface area (Å²) < 4.78 is 5.95. The Morgan fingerprint density at radius 1 is 1.56 bits per heavy atom. The maximum atomic E-state index is 12.2. The number of carbonyl (C=O) groups is 1. The van der Waals surface area contributed by atoms with E-state index in [1.54, 1.807) is 11.9 Å². The molecule has 1 aromatic rings. The van der Waals surface area contributed by atoms with Gasteiger partial charge in [-0.3, -0.25) is 4.79 Å². The zero-order chi connectivity index (χ0) is 13.2. The van der Waals surface area contributed by atoms with Gasteiger partial charge < -0.3 is 9.64 Å². The highest BCUT2D eigenvalue weighted by Crippen LogP contribution is 2.29. The molecule has 5 heteroatoms. The maximum Gasteiger partial charge on any atom is 0.247 e. The number of carbonyl (C=O) groups excluding carboxylic acids is 1. The van der Waals surface area contributed by atoms with Crippen LogP contribution in [0.15, 0.2) is 28.7 Å². The summed E-state index contributed by atoms with van der Waals surface area (Å²) in [5.74, 6) is -0.174. The average molecular weight is 309 g/mol. The smallest absolute Gasteiger partial charge is 0.247 e. The van der Waals surface area contributed by atoms with E-state index in [-0.39, 0.29) is 19.1 Å². The van der Waals surface area contributed by atoms with Crippen LogP contribution >= 0.6 is 15.9 Å². The van der Waals surface area contributed by atoms with Crippen molar-refractivity contribution in [1.82, 2.24) is 4.90 Å². The second-order valence-corrected chi connectivity index (χ2v) is 5.29. The number of rotatable bonds is 3. The molecule has 0 atom stereocenters. The van der Waals surface area contributed by atoms with Gasteiger partial charge in [0.15, 0.2) is 5.41 Å². The maximum absolute atomic E-state index is 12.2. The van der Waals surface area contributed by atoms with Crippen LogP contribution in [-0.2, 0) is 16.1 Å². The van der Waals surface area contributed by atoms with Crippen LogP contribution in [0.3, 0.4) is 0 Å². The van der Waals surface area contributed by atoms with Crippen molar-refractivity contribution in [3.8, 4) is 6.07 Å². The van der Waals surface area contributed by atoms with Crippen molar-refractivity contribution in [3.05, 3.63) is 34.3 Å². The van der Waals surface area contributed by atoms with Gasteiger partial charge in [0, 0.05) is 18.1 Å². The summed E-state index contributed by atoms with van der Waals surface area (Å²) in [5.41, 5.74) is 0.0393. The Hall–Kier alpha value is -1.38. The molecule has 0 aliphatic carbocycles. The Bertz CT molecular complexity index is 506. The van der Waals surface area contributed by atoms with Crippen LogP contribution < -0.4 is 0 Å². The highest BCUT2D eigenvalue weighted by molar-refractivity contribution is 9.10. The number of halogens is 1. The average Bonchev–Trinajstić information content (AvgIpc) is 2.31. The number of hydrogen-bond donors (Lipinski definition) is 0. The molecule has 0 saturated carbocycles. The lowest BCUT2D eigenvalue weighted by Gasteiger charge is -2.36. The van der Waals surface area contributed by atoms with Crippen molar-refractivity contribution in [1.29, 1.82) is 5.26 Å². The molecule has 1 heterocycles. The summed E-state index contributed by atoms with van der Waals surface area (Å²) >= 11 is 3.44. The van der Waals surface area contributed by atoms with Gasteiger partial charge in [0.2, 0.25) is 5.91 Å². The van der Waals surface area contributed by atoms with Gasteiger partial charge in [-0.1, -0.05) is 34.1 Å². The number of nitrogens with zero attached hydrogens (tertiary/aromatic N) is 2. The van der Waals surface area contributed by atoms with Gasteiger partial charge in [-0.2, -0.15) is 5.26 Å². The van der Waals surface area contributed by atoms with Crippen molar-refractivity contribution >= 4 is 21.8 Å². The Kier molecular flexibility index (Phi) is 3.69. The van der Waals surface area contributed by atoms with E-state index in [1.807, 2.05) is 24.3 Å². The molecule has 0 N–H and O–H groups in total. The van der Waals surface area contributed by atoms with Crippen LogP contribution in [0.25, 0.3) is 0 Å². The minimum absolute atomic E-state index is 0.174. The SMILES string of the molecule is CN(Cc1ccccc1Br)C(=O)C1(C#N)COC1. The van der Waals surface area contributed by atoms with E-state index in [4.69, 9.17) is 10.00 Å². The molecule has 1 fully saturated rings. The van der Waals surface area contributed by atoms with Crippen molar-refractivity contribution in [2.24, 2.45) is 5.41 Å². The number of benzene rings is 1. The van der Waals surface area contributed by atoms with Crippen LogP contribution in [-0.4, -0.2) is 31.1 Å². The predicted molar refractivity (Wildman–Crippen MR) is 69.5 cm³/mol. The molecule has 1 aliphatic rings. The summed E-state index contributed by atoms with van der Waals surface area (Å²) in [6.45, 7) is 0.870. The summed E-state index contributed by atoms with van der Waals surface area (Å²) in [7, 11) is 1.71. The van der Waals surface area contributed by atoms with Crippen LogP contribution in [0.5, 0.6) is 0 Å². The molecule has 1 saturated heterocycles. The van der Waals surface area contributed by atoms with E-state index in [0.29, 0.717) is 6.54 Å². The first-order valence-electron chi connectivity index (χ1n) is 5.57. The molecular weight excluding hydrogens is 296 g/mol. The molecular formula is C13H13BrN2O2. The molecule has 1 amide bonds. The van der Waals surface area contributed by atoms with Gasteiger partial charge in [-0.05, 0) is 11.6 Å². The molecule has 0 radical (unpaired) electrons. The third-order valence-electron chi connectivity index (χ3n) is 3.03. The Balaban J connectivity index is 2.09. The zero-order valence-corrected chi connectivity index (χ0v) is 11.6. The Morgan fingerprint density at radius 2 is 2.22 bits per heavy atom. The van der Waals surface area contributed by atoms with Crippen molar-refractivity contribution in [3.63, 3.8) is 0 Å². The summed E-state index contributed by atoms with van der Waals surface area (Å²) in [4.78, 5) is 13.8. The minimum atomic E-state index is -0.976. The lowest BCUT2D eigenvalue weighted by atomic mass is 9.86. The fraction of sp³-hybridized carbons (Fsp3) is 0.385. The molecule has 4 nitrogen and oxygen atoms in total. The largest absolute Gasteiger partial charge is 0.377 e. The van der Waals surface area contributed by atoms with E-state index in [9.17, 15) is 4.79 Å². The normalized spacial score (nSPS) is 16.5. The van der Waals surface area contributed by atoms with Crippen LogP contribution in [0.1, 0.15) is 5.56 Å². The first kappa shape index (κ1) is 13.1. The van der Waals surface area contributed by atoms with Gasteiger partial charge in [0.25, 0.3) is 0 Å². The lowest BCUT2D eigenvalue weighted by Crippen LogP contribution is -2.53. The number of ether oxygens (including phenoxy) is 1. The minimum Gasteiger partial charge on any atom is -0.377 e. The van der Waals surface area contributed by atoms with E-state index in [0.717, 1.165) is 10.0 Å².